The number of rotatable bonds is 2. The summed E-state index contributed by atoms with van der Waals surface area (Å²) >= 11 is 0. The van der Waals surface area contributed by atoms with Gasteiger partial charge in [0, 0.05) is 12.3 Å². The van der Waals surface area contributed by atoms with E-state index in [1.807, 2.05) is 0 Å². The molecule has 0 radical (unpaired) electrons. The fourth-order valence-electron chi connectivity index (χ4n) is 1.96. The molecule has 1 unspecified atom stereocenters. The van der Waals surface area contributed by atoms with Gasteiger partial charge in [0.25, 0.3) is 5.91 Å². The molecule has 1 aromatic rings. The Kier molecular flexibility index (Phi) is 3.95. The molecule has 0 aliphatic carbocycles. The minimum atomic E-state index is -4.64. The molecule has 1 fully saturated rings. The lowest BCUT2D eigenvalue weighted by molar-refractivity contribution is -0.137. The third-order valence-corrected chi connectivity index (χ3v) is 2.94. The molecule has 1 saturated heterocycles. The van der Waals surface area contributed by atoms with Crippen LogP contribution in [-0.2, 0) is 15.7 Å². The van der Waals surface area contributed by atoms with Crippen LogP contribution in [0.1, 0.15) is 24.0 Å². The van der Waals surface area contributed by atoms with Gasteiger partial charge in [0.1, 0.15) is 6.10 Å². The van der Waals surface area contributed by atoms with Crippen molar-refractivity contribution in [1.29, 1.82) is 5.26 Å². The van der Waals surface area contributed by atoms with Crippen molar-refractivity contribution < 1.29 is 22.7 Å². The van der Waals surface area contributed by atoms with Crippen molar-refractivity contribution in [2.24, 2.45) is 0 Å². The predicted molar refractivity (Wildman–Crippen MR) is 63.8 cm³/mol. The number of ether oxygens (including phenoxy) is 1. The Morgan fingerprint density at radius 2 is 2.20 bits per heavy atom. The van der Waals surface area contributed by atoms with E-state index >= 15 is 0 Å². The van der Waals surface area contributed by atoms with Gasteiger partial charge in [-0.25, -0.2) is 0 Å². The first-order valence-corrected chi connectivity index (χ1v) is 5.95. The molecule has 1 aliphatic rings. The molecule has 7 heteroatoms. The molecule has 20 heavy (non-hydrogen) atoms. The van der Waals surface area contributed by atoms with Crippen LogP contribution < -0.4 is 5.32 Å². The topological polar surface area (TPSA) is 62.1 Å². The number of carbonyl (C=O) groups excluding carboxylic acids is 1. The molecule has 0 saturated carbocycles. The average Bonchev–Trinajstić information content (AvgIpc) is 2.91. The Hall–Kier alpha value is -2.07. The first-order chi connectivity index (χ1) is 9.41. The Morgan fingerprint density at radius 1 is 1.45 bits per heavy atom. The lowest BCUT2D eigenvalue weighted by Crippen LogP contribution is -2.27. The van der Waals surface area contributed by atoms with Gasteiger partial charge in [-0.1, -0.05) is 0 Å². The number of nitrogens with zero attached hydrogens (tertiary/aromatic N) is 1. The van der Waals surface area contributed by atoms with Crippen LogP contribution in [0, 0.1) is 11.3 Å². The molecule has 1 amide bonds. The Labute approximate surface area is 113 Å². The third-order valence-electron chi connectivity index (χ3n) is 2.94. The summed E-state index contributed by atoms with van der Waals surface area (Å²) in [6.07, 6.45) is -3.97. The largest absolute Gasteiger partial charge is 0.417 e. The number of amides is 1. The molecule has 1 aromatic carbocycles. The molecular weight excluding hydrogens is 273 g/mol. The van der Waals surface area contributed by atoms with Crippen LogP contribution >= 0.6 is 0 Å². The second kappa shape index (κ2) is 5.51. The number of nitrogens with one attached hydrogen (secondary N) is 1. The van der Waals surface area contributed by atoms with Gasteiger partial charge in [-0.2, -0.15) is 18.4 Å². The first kappa shape index (κ1) is 14.3. The standard InChI is InChI=1S/C13H11F3N2O2/c14-13(15,16)10-6-9(4-3-8(10)7-17)18-12(19)11-2-1-5-20-11/h3-4,6,11H,1-2,5H2,(H,18,19). The number of benzene rings is 1. The van der Waals surface area contributed by atoms with Crippen molar-refractivity contribution in [1.82, 2.24) is 0 Å². The number of hydrogen-bond acceptors (Lipinski definition) is 3. The SMILES string of the molecule is N#Cc1ccc(NC(=O)C2CCCO2)cc1C(F)(F)F. The lowest BCUT2D eigenvalue weighted by Gasteiger charge is -2.13. The molecular formula is C13H11F3N2O2. The summed E-state index contributed by atoms with van der Waals surface area (Å²) in [7, 11) is 0. The van der Waals surface area contributed by atoms with Crippen LogP contribution in [0.2, 0.25) is 0 Å². The Bertz CT molecular complexity index is 558. The van der Waals surface area contributed by atoms with Crippen molar-refractivity contribution in [3.8, 4) is 6.07 Å². The van der Waals surface area contributed by atoms with E-state index in [4.69, 9.17) is 10.00 Å². The summed E-state index contributed by atoms with van der Waals surface area (Å²) in [6.45, 7) is 0.471. The van der Waals surface area contributed by atoms with Crippen molar-refractivity contribution in [2.75, 3.05) is 11.9 Å². The van der Waals surface area contributed by atoms with E-state index in [0.717, 1.165) is 18.6 Å². The number of halogens is 3. The number of carbonyl (C=O) groups is 1. The van der Waals surface area contributed by atoms with E-state index in [2.05, 4.69) is 5.32 Å². The molecule has 0 aromatic heterocycles. The van der Waals surface area contributed by atoms with Crippen LogP contribution in [0.4, 0.5) is 18.9 Å². The summed E-state index contributed by atoms with van der Waals surface area (Å²) in [5, 5.41) is 11.0. The smallest absolute Gasteiger partial charge is 0.368 e. The highest BCUT2D eigenvalue weighted by Gasteiger charge is 2.34. The predicted octanol–water partition coefficient (Wildman–Crippen LogP) is 2.69. The van der Waals surface area contributed by atoms with Crippen molar-refractivity contribution in [2.45, 2.75) is 25.1 Å². The van der Waals surface area contributed by atoms with Crippen molar-refractivity contribution in [3.63, 3.8) is 0 Å². The van der Waals surface area contributed by atoms with Crippen LogP contribution in [0.3, 0.4) is 0 Å². The minimum absolute atomic E-state index is 0.00294. The highest BCUT2D eigenvalue weighted by atomic mass is 19.4. The molecule has 106 valence electrons. The number of anilines is 1. The van der Waals surface area contributed by atoms with Gasteiger partial charge in [0.05, 0.1) is 17.2 Å². The normalized spacial score (nSPS) is 18.6. The maximum Gasteiger partial charge on any atom is 0.417 e. The van der Waals surface area contributed by atoms with Gasteiger partial charge in [-0.05, 0) is 31.0 Å². The summed E-state index contributed by atoms with van der Waals surface area (Å²) < 4.78 is 43.4. The lowest BCUT2D eigenvalue weighted by atomic mass is 10.1. The molecule has 1 atom stereocenters. The fourth-order valence-corrected chi connectivity index (χ4v) is 1.96. The maximum atomic E-state index is 12.8. The molecule has 4 nitrogen and oxygen atoms in total. The monoisotopic (exact) mass is 284 g/mol. The number of alkyl halides is 3. The summed E-state index contributed by atoms with van der Waals surface area (Å²) in [5.41, 5.74) is -1.55. The van der Waals surface area contributed by atoms with E-state index in [1.54, 1.807) is 0 Å². The van der Waals surface area contributed by atoms with Crippen LogP contribution in [0.25, 0.3) is 0 Å². The molecule has 0 spiro atoms. The first-order valence-electron chi connectivity index (χ1n) is 5.95. The van der Waals surface area contributed by atoms with Gasteiger partial charge in [0.2, 0.25) is 0 Å². The van der Waals surface area contributed by atoms with Crippen LogP contribution in [0.15, 0.2) is 18.2 Å². The van der Waals surface area contributed by atoms with Gasteiger partial charge in [-0.3, -0.25) is 4.79 Å². The minimum Gasteiger partial charge on any atom is -0.368 e. The van der Waals surface area contributed by atoms with E-state index in [-0.39, 0.29) is 5.69 Å². The Morgan fingerprint density at radius 3 is 2.75 bits per heavy atom. The molecule has 0 bridgehead atoms. The second-order valence-electron chi connectivity index (χ2n) is 4.36. The van der Waals surface area contributed by atoms with E-state index in [9.17, 15) is 18.0 Å². The van der Waals surface area contributed by atoms with Crippen molar-refractivity contribution in [3.05, 3.63) is 29.3 Å². The van der Waals surface area contributed by atoms with E-state index in [1.165, 1.54) is 12.1 Å². The highest BCUT2D eigenvalue weighted by molar-refractivity contribution is 5.94. The molecule has 2 rings (SSSR count). The molecule has 1 heterocycles. The third kappa shape index (κ3) is 3.08. The van der Waals surface area contributed by atoms with Crippen LogP contribution in [0.5, 0.6) is 0 Å². The van der Waals surface area contributed by atoms with Gasteiger partial charge in [-0.15, -0.1) is 0 Å². The molecule has 1 aliphatic heterocycles. The maximum absolute atomic E-state index is 12.8. The zero-order chi connectivity index (χ0) is 14.8. The van der Waals surface area contributed by atoms with Gasteiger partial charge in [0.15, 0.2) is 0 Å². The fraction of sp³-hybridized carbons (Fsp3) is 0.385. The number of hydrogen-bond donors (Lipinski definition) is 1. The second-order valence-corrected chi connectivity index (χ2v) is 4.36. The van der Waals surface area contributed by atoms with E-state index in [0.29, 0.717) is 13.0 Å². The number of nitriles is 1. The van der Waals surface area contributed by atoms with Gasteiger partial charge >= 0.3 is 6.18 Å². The van der Waals surface area contributed by atoms with Crippen molar-refractivity contribution >= 4 is 11.6 Å². The average molecular weight is 284 g/mol. The zero-order valence-electron chi connectivity index (χ0n) is 10.3. The zero-order valence-corrected chi connectivity index (χ0v) is 10.3. The van der Waals surface area contributed by atoms with Gasteiger partial charge < -0.3 is 10.1 Å². The summed E-state index contributed by atoms with van der Waals surface area (Å²) in [6, 6.07) is 4.54. The Balaban J connectivity index is 2.21. The summed E-state index contributed by atoms with van der Waals surface area (Å²) in [5.74, 6) is -0.472. The van der Waals surface area contributed by atoms with Crippen LogP contribution in [-0.4, -0.2) is 18.6 Å². The van der Waals surface area contributed by atoms with E-state index < -0.39 is 29.3 Å². The quantitative estimate of drug-likeness (QED) is 0.908. The highest BCUT2D eigenvalue weighted by Crippen LogP contribution is 2.33. The summed E-state index contributed by atoms with van der Waals surface area (Å²) in [4.78, 5) is 11.7. The molecule has 1 N–H and O–H groups in total.